The summed E-state index contributed by atoms with van der Waals surface area (Å²) in [6, 6.07) is 8.41. The van der Waals surface area contributed by atoms with Crippen LogP contribution < -0.4 is 10.6 Å². The molecule has 0 fully saturated rings. The van der Waals surface area contributed by atoms with E-state index < -0.39 is 0 Å². The number of hydrogen-bond acceptors (Lipinski definition) is 3. The Bertz CT molecular complexity index is 490. The number of fused-ring (bicyclic) bond motifs is 1. The average Bonchev–Trinajstić information content (AvgIpc) is 2.72. The Balaban J connectivity index is 2.39. The number of hydrogen-bond donors (Lipinski definition) is 1. The third-order valence-electron chi connectivity index (χ3n) is 3.35. The van der Waals surface area contributed by atoms with Gasteiger partial charge in [0.15, 0.2) is 0 Å². The molecule has 0 aliphatic rings. The van der Waals surface area contributed by atoms with E-state index in [4.69, 9.17) is 10.2 Å². The Morgan fingerprint density at radius 2 is 2.00 bits per heavy atom. The summed E-state index contributed by atoms with van der Waals surface area (Å²) < 4.78 is 5.56. The van der Waals surface area contributed by atoms with Gasteiger partial charge in [-0.1, -0.05) is 26.0 Å². The van der Waals surface area contributed by atoms with Gasteiger partial charge >= 0.3 is 0 Å². The predicted molar refractivity (Wildman–Crippen MR) is 72.3 cm³/mol. The molecule has 0 bridgehead atoms. The highest BCUT2D eigenvalue weighted by Crippen LogP contribution is 2.30. The van der Waals surface area contributed by atoms with E-state index in [9.17, 15) is 0 Å². The summed E-state index contributed by atoms with van der Waals surface area (Å²) in [4.78, 5) is 2.22. The number of furan rings is 1. The number of nitrogens with two attached hydrogens (primary N) is 1. The van der Waals surface area contributed by atoms with Crippen LogP contribution in [0.2, 0.25) is 0 Å². The van der Waals surface area contributed by atoms with Crippen molar-refractivity contribution in [2.45, 2.75) is 19.9 Å². The highest BCUT2D eigenvalue weighted by atomic mass is 16.3. The van der Waals surface area contributed by atoms with Gasteiger partial charge in [-0.25, -0.2) is 0 Å². The molecule has 1 heterocycles. The van der Waals surface area contributed by atoms with Crippen molar-refractivity contribution >= 4 is 16.7 Å². The molecule has 0 aliphatic heterocycles. The number of benzene rings is 1. The first kappa shape index (κ1) is 12.0. The molecule has 0 spiro atoms. The van der Waals surface area contributed by atoms with Gasteiger partial charge in [0, 0.05) is 25.0 Å². The predicted octanol–water partition coefficient (Wildman–Crippen LogP) is 2.85. The Kier molecular flexibility index (Phi) is 3.38. The molecule has 0 radical (unpaired) electrons. The van der Waals surface area contributed by atoms with Crippen LogP contribution in [0.3, 0.4) is 0 Å². The van der Waals surface area contributed by atoms with Crippen molar-refractivity contribution in [3.05, 3.63) is 30.5 Å². The Labute approximate surface area is 102 Å². The highest BCUT2D eigenvalue weighted by Gasteiger charge is 2.20. The Morgan fingerprint density at radius 3 is 2.65 bits per heavy atom. The van der Waals surface area contributed by atoms with Crippen LogP contribution in [0.4, 0.5) is 5.69 Å². The molecule has 0 saturated heterocycles. The molecule has 0 aliphatic carbocycles. The summed E-state index contributed by atoms with van der Waals surface area (Å²) in [5, 5.41) is 1.15. The maximum absolute atomic E-state index is 5.85. The number of anilines is 1. The molecule has 0 amide bonds. The van der Waals surface area contributed by atoms with Gasteiger partial charge in [0.25, 0.3) is 0 Å². The Morgan fingerprint density at radius 1 is 1.29 bits per heavy atom. The molecule has 2 N–H and O–H groups in total. The van der Waals surface area contributed by atoms with Gasteiger partial charge < -0.3 is 15.1 Å². The molecule has 92 valence electrons. The van der Waals surface area contributed by atoms with Crippen molar-refractivity contribution in [3.63, 3.8) is 0 Å². The summed E-state index contributed by atoms with van der Waals surface area (Å²) in [5.74, 6) is 0.513. The Hall–Kier alpha value is -1.48. The van der Waals surface area contributed by atoms with Gasteiger partial charge in [-0.2, -0.15) is 0 Å². The first-order valence-corrected chi connectivity index (χ1v) is 6.04. The summed E-state index contributed by atoms with van der Waals surface area (Å²) in [7, 11) is 2.08. The SMILES string of the molecule is CC(C)C(CN)N(C)c1coc2ccccc12. The minimum atomic E-state index is 0.330. The van der Waals surface area contributed by atoms with Crippen LogP contribution in [0.25, 0.3) is 11.0 Å². The smallest absolute Gasteiger partial charge is 0.136 e. The van der Waals surface area contributed by atoms with Crippen LogP contribution >= 0.6 is 0 Å². The quantitative estimate of drug-likeness (QED) is 0.881. The van der Waals surface area contributed by atoms with Crippen LogP contribution in [0.5, 0.6) is 0 Å². The minimum Gasteiger partial charge on any atom is -0.462 e. The molecule has 1 unspecified atom stereocenters. The van der Waals surface area contributed by atoms with E-state index >= 15 is 0 Å². The van der Waals surface area contributed by atoms with Crippen molar-refractivity contribution in [2.24, 2.45) is 11.7 Å². The van der Waals surface area contributed by atoms with Gasteiger partial charge in [-0.3, -0.25) is 0 Å². The van der Waals surface area contributed by atoms with Gasteiger partial charge in [0.05, 0.1) is 5.69 Å². The maximum Gasteiger partial charge on any atom is 0.136 e. The normalized spacial score (nSPS) is 13.2. The fraction of sp³-hybridized carbons (Fsp3) is 0.429. The molecule has 0 saturated carbocycles. The monoisotopic (exact) mass is 232 g/mol. The lowest BCUT2D eigenvalue weighted by molar-refractivity contribution is 0.478. The number of likely N-dealkylation sites (N-methyl/N-ethyl adjacent to an activating group) is 1. The second-order valence-electron chi connectivity index (χ2n) is 4.78. The van der Waals surface area contributed by atoms with Crippen molar-refractivity contribution in [3.8, 4) is 0 Å². The van der Waals surface area contributed by atoms with E-state index in [0.717, 1.165) is 16.7 Å². The molecule has 2 rings (SSSR count). The molecule has 17 heavy (non-hydrogen) atoms. The van der Waals surface area contributed by atoms with E-state index in [1.807, 2.05) is 24.5 Å². The highest BCUT2D eigenvalue weighted by molar-refractivity contribution is 5.91. The zero-order valence-corrected chi connectivity index (χ0v) is 10.7. The topological polar surface area (TPSA) is 42.4 Å². The first-order chi connectivity index (χ1) is 8.15. The standard InChI is InChI=1S/C14H20N2O/c1-10(2)12(8-15)16(3)13-9-17-14-7-5-4-6-11(13)14/h4-7,9-10,12H,8,15H2,1-3H3. The van der Waals surface area contributed by atoms with Crippen LogP contribution in [0, 0.1) is 5.92 Å². The van der Waals surface area contributed by atoms with Gasteiger partial charge in [-0.05, 0) is 18.1 Å². The zero-order chi connectivity index (χ0) is 12.4. The fourth-order valence-electron chi connectivity index (χ4n) is 2.29. The summed E-state index contributed by atoms with van der Waals surface area (Å²) in [5.41, 5.74) is 7.89. The van der Waals surface area contributed by atoms with Crippen LogP contribution in [0.15, 0.2) is 34.9 Å². The zero-order valence-electron chi connectivity index (χ0n) is 10.7. The summed E-state index contributed by atoms with van der Waals surface area (Å²) >= 11 is 0. The molecule has 2 aromatic rings. The molecule has 1 aromatic heterocycles. The second-order valence-corrected chi connectivity index (χ2v) is 4.78. The number of rotatable bonds is 4. The lowest BCUT2D eigenvalue weighted by Gasteiger charge is -2.31. The minimum absolute atomic E-state index is 0.330. The third kappa shape index (κ3) is 2.15. The molecule has 3 nitrogen and oxygen atoms in total. The maximum atomic E-state index is 5.85. The largest absolute Gasteiger partial charge is 0.462 e. The molecular formula is C14H20N2O. The van der Waals surface area contributed by atoms with E-state index in [-0.39, 0.29) is 0 Å². The second kappa shape index (κ2) is 4.80. The van der Waals surface area contributed by atoms with Crippen LogP contribution in [-0.2, 0) is 0 Å². The van der Waals surface area contributed by atoms with E-state index in [1.54, 1.807) is 0 Å². The van der Waals surface area contributed by atoms with Gasteiger partial charge in [0.2, 0.25) is 0 Å². The van der Waals surface area contributed by atoms with Gasteiger partial charge in [-0.15, -0.1) is 0 Å². The molecule has 1 atom stereocenters. The summed E-state index contributed by atoms with van der Waals surface area (Å²) in [6.45, 7) is 5.03. The van der Waals surface area contributed by atoms with Crippen LogP contribution in [-0.4, -0.2) is 19.6 Å². The summed E-state index contributed by atoms with van der Waals surface area (Å²) in [6.07, 6.45) is 1.82. The first-order valence-electron chi connectivity index (χ1n) is 6.04. The van der Waals surface area contributed by atoms with Crippen molar-refractivity contribution in [1.29, 1.82) is 0 Å². The van der Waals surface area contributed by atoms with Crippen molar-refractivity contribution in [1.82, 2.24) is 0 Å². The fourth-order valence-corrected chi connectivity index (χ4v) is 2.29. The van der Waals surface area contributed by atoms with E-state index in [1.165, 1.54) is 0 Å². The molecule has 3 heteroatoms. The number of nitrogens with zero attached hydrogens (tertiary/aromatic N) is 1. The van der Waals surface area contributed by atoms with E-state index in [2.05, 4.69) is 31.9 Å². The van der Waals surface area contributed by atoms with Gasteiger partial charge in [0.1, 0.15) is 11.8 Å². The van der Waals surface area contributed by atoms with Crippen molar-refractivity contribution in [2.75, 3.05) is 18.5 Å². The number of para-hydroxylation sites is 1. The lowest BCUT2D eigenvalue weighted by atomic mass is 10.0. The third-order valence-corrected chi connectivity index (χ3v) is 3.35. The lowest BCUT2D eigenvalue weighted by Crippen LogP contribution is -2.41. The van der Waals surface area contributed by atoms with Crippen molar-refractivity contribution < 1.29 is 4.42 Å². The molecular weight excluding hydrogens is 212 g/mol. The average molecular weight is 232 g/mol. The van der Waals surface area contributed by atoms with Crippen LogP contribution in [0.1, 0.15) is 13.8 Å². The molecule has 1 aromatic carbocycles. The van der Waals surface area contributed by atoms with E-state index in [0.29, 0.717) is 18.5 Å².